The van der Waals surface area contributed by atoms with Crippen molar-refractivity contribution in [3.05, 3.63) is 5.28 Å². The van der Waals surface area contributed by atoms with E-state index in [-0.39, 0.29) is 5.28 Å². The molecule has 0 radical (unpaired) electrons. The van der Waals surface area contributed by atoms with E-state index in [9.17, 15) is 0 Å². The Morgan fingerprint density at radius 1 is 1.29 bits per heavy atom. The van der Waals surface area contributed by atoms with Gasteiger partial charge in [-0.3, -0.25) is 0 Å². The summed E-state index contributed by atoms with van der Waals surface area (Å²) in [5.74, 6) is 1.93. The summed E-state index contributed by atoms with van der Waals surface area (Å²) in [4.78, 5) is 12.3. The molecule has 0 amide bonds. The highest BCUT2D eigenvalue weighted by molar-refractivity contribution is 6.28. The van der Waals surface area contributed by atoms with Crippen LogP contribution in [0.2, 0.25) is 5.28 Å². The Labute approximate surface area is 106 Å². The van der Waals surface area contributed by atoms with Gasteiger partial charge in [0.15, 0.2) is 0 Å². The third-order valence-corrected chi connectivity index (χ3v) is 3.14. The Kier molecular flexibility index (Phi) is 3.99. The zero-order valence-electron chi connectivity index (χ0n) is 10.2. The van der Waals surface area contributed by atoms with Crippen LogP contribution in [-0.4, -0.2) is 28.0 Å². The lowest BCUT2D eigenvalue weighted by atomic mass is 10.1. The van der Waals surface area contributed by atoms with E-state index in [2.05, 4.69) is 32.5 Å². The summed E-state index contributed by atoms with van der Waals surface area (Å²) >= 11 is 5.83. The average molecular weight is 256 g/mol. The highest BCUT2D eigenvalue weighted by Crippen LogP contribution is 2.34. The van der Waals surface area contributed by atoms with E-state index < -0.39 is 0 Å². The molecule has 0 aromatic carbocycles. The maximum Gasteiger partial charge on any atom is 0.229 e. The molecule has 0 saturated heterocycles. The van der Waals surface area contributed by atoms with Crippen molar-refractivity contribution in [1.29, 1.82) is 0 Å². The lowest BCUT2D eigenvalue weighted by Gasteiger charge is -2.16. The number of aromatic nitrogens is 3. The summed E-state index contributed by atoms with van der Waals surface area (Å²) in [6.07, 6.45) is 4.97. The normalized spacial score (nSPS) is 16.6. The Hall–Kier alpha value is -1.10. The van der Waals surface area contributed by atoms with Crippen LogP contribution in [0.5, 0.6) is 0 Å². The van der Waals surface area contributed by atoms with Crippen LogP contribution in [0.3, 0.4) is 0 Å². The first kappa shape index (κ1) is 12.4. The highest BCUT2D eigenvalue weighted by Gasteiger charge is 2.25. The minimum absolute atomic E-state index is 0.216. The number of halogens is 1. The summed E-state index contributed by atoms with van der Waals surface area (Å²) < 4.78 is 0. The molecule has 1 unspecified atom stereocenters. The molecule has 1 aromatic rings. The third kappa shape index (κ3) is 3.70. The molecule has 2 rings (SSSR count). The zero-order chi connectivity index (χ0) is 12.3. The van der Waals surface area contributed by atoms with Gasteiger partial charge in [0.1, 0.15) is 0 Å². The fourth-order valence-electron chi connectivity index (χ4n) is 1.79. The fourth-order valence-corrected chi connectivity index (χ4v) is 1.95. The first-order valence-electron chi connectivity index (χ1n) is 6.07. The molecule has 2 N–H and O–H groups in total. The second-order valence-corrected chi connectivity index (χ2v) is 4.77. The van der Waals surface area contributed by atoms with Crippen LogP contribution >= 0.6 is 11.6 Å². The van der Waals surface area contributed by atoms with Gasteiger partial charge in [-0.05, 0) is 30.4 Å². The summed E-state index contributed by atoms with van der Waals surface area (Å²) in [5.41, 5.74) is 0. The number of anilines is 2. The standard InChI is InChI=1S/C11H18ClN5/c1-3-8(6-7-4-5-7)14-11-16-9(12)15-10(13-2)17-11/h7-8H,3-6H2,1-2H3,(H2,13,14,15,16,17). The second-order valence-electron chi connectivity index (χ2n) is 4.43. The number of nitrogens with zero attached hydrogens (tertiary/aromatic N) is 3. The van der Waals surface area contributed by atoms with Crippen molar-refractivity contribution in [2.75, 3.05) is 17.7 Å². The van der Waals surface area contributed by atoms with Crippen molar-refractivity contribution in [2.45, 2.75) is 38.6 Å². The smallest absolute Gasteiger partial charge is 0.229 e. The van der Waals surface area contributed by atoms with Crippen LogP contribution in [0.1, 0.15) is 32.6 Å². The summed E-state index contributed by atoms with van der Waals surface area (Å²) in [5, 5.41) is 6.41. The van der Waals surface area contributed by atoms with E-state index in [4.69, 9.17) is 11.6 Å². The highest BCUT2D eigenvalue weighted by atomic mass is 35.5. The van der Waals surface area contributed by atoms with Gasteiger partial charge < -0.3 is 10.6 Å². The maximum absolute atomic E-state index is 5.83. The van der Waals surface area contributed by atoms with Crippen LogP contribution < -0.4 is 10.6 Å². The number of rotatable bonds is 6. The number of nitrogens with one attached hydrogen (secondary N) is 2. The van der Waals surface area contributed by atoms with E-state index in [0.29, 0.717) is 17.9 Å². The zero-order valence-corrected chi connectivity index (χ0v) is 11.0. The molecule has 1 heterocycles. The third-order valence-electron chi connectivity index (χ3n) is 2.97. The molecular weight excluding hydrogens is 238 g/mol. The van der Waals surface area contributed by atoms with E-state index >= 15 is 0 Å². The molecular formula is C11H18ClN5. The molecule has 1 aliphatic carbocycles. The minimum Gasteiger partial charge on any atom is -0.357 e. The molecule has 1 atom stereocenters. The van der Waals surface area contributed by atoms with Crippen LogP contribution in [0.15, 0.2) is 0 Å². The molecule has 0 bridgehead atoms. The Bertz CT molecular complexity index is 380. The predicted molar refractivity (Wildman–Crippen MR) is 69.4 cm³/mol. The molecule has 6 heteroatoms. The van der Waals surface area contributed by atoms with Gasteiger partial charge >= 0.3 is 0 Å². The molecule has 5 nitrogen and oxygen atoms in total. The quantitative estimate of drug-likeness (QED) is 0.818. The average Bonchev–Trinajstić information content (AvgIpc) is 3.11. The molecule has 0 spiro atoms. The summed E-state index contributed by atoms with van der Waals surface area (Å²) in [7, 11) is 1.76. The number of hydrogen-bond donors (Lipinski definition) is 2. The van der Waals surface area contributed by atoms with Gasteiger partial charge in [-0.1, -0.05) is 19.8 Å². The van der Waals surface area contributed by atoms with E-state index in [1.165, 1.54) is 19.3 Å². The number of hydrogen-bond acceptors (Lipinski definition) is 5. The van der Waals surface area contributed by atoms with Crippen molar-refractivity contribution >= 4 is 23.5 Å². The van der Waals surface area contributed by atoms with Gasteiger partial charge in [-0.2, -0.15) is 15.0 Å². The molecule has 0 aliphatic heterocycles. The monoisotopic (exact) mass is 255 g/mol. The Morgan fingerprint density at radius 3 is 2.59 bits per heavy atom. The molecule has 1 aliphatic rings. The van der Waals surface area contributed by atoms with Crippen molar-refractivity contribution < 1.29 is 0 Å². The predicted octanol–water partition coefficient (Wildman–Crippen LogP) is 2.56. The van der Waals surface area contributed by atoms with E-state index in [0.717, 1.165) is 12.3 Å². The maximum atomic E-state index is 5.83. The largest absolute Gasteiger partial charge is 0.357 e. The first-order valence-corrected chi connectivity index (χ1v) is 6.45. The van der Waals surface area contributed by atoms with Crippen LogP contribution in [0.25, 0.3) is 0 Å². The van der Waals surface area contributed by atoms with Gasteiger partial charge in [0, 0.05) is 13.1 Å². The molecule has 1 fully saturated rings. The molecule has 17 heavy (non-hydrogen) atoms. The summed E-state index contributed by atoms with van der Waals surface area (Å²) in [6, 6.07) is 0.422. The van der Waals surface area contributed by atoms with Gasteiger partial charge in [0.05, 0.1) is 0 Å². The second kappa shape index (κ2) is 5.49. The van der Waals surface area contributed by atoms with Gasteiger partial charge in [0.2, 0.25) is 17.2 Å². The first-order chi connectivity index (χ1) is 8.21. The van der Waals surface area contributed by atoms with Crippen molar-refractivity contribution in [1.82, 2.24) is 15.0 Å². The van der Waals surface area contributed by atoms with Crippen molar-refractivity contribution in [3.63, 3.8) is 0 Å². The lowest BCUT2D eigenvalue weighted by molar-refractivity contribution is 0.582. The van der Waals surface area contributed by atoms with Crippen LogP contribution in [-0.2, 0) is 0 Å². The SMILES string of the molecule is CCC(CC1CC1)Nc1nc(Cl)nc(NC)n1. The molecule has 1 aromatic heterocycles. The van der Waals surface area contributed by atoms with Crippen LogP contribution in [0, 0.1) is 5.92 Å². The summed E-state index contributed by atoms with van der Waals surface area (Å²) in [6.45, 7) is 2.17. The van der Waals surface area contributed by atoms with E-state index in [1.54, 1.807) is 7.05 Å². The van der Waals surface area contributed by atoms with Gasteiger partial charge in [0.25, 0.3) is 0 Å². The van der Waals surface area contributed by atoms with Crippen LogP contribution in [0.4, 0.5) is 11.9 Å². The minimum atomic E-state index is 0.216. The van der Waals surface area contributed by atoms with Crippen molar-refractivity contribution in [2.24, 2.45) is 5.92 Å². The Balaban J connectivity index is 2.01. The topological polar surface area (TPSA) is 62.7 Å². The van der Waals surface area contributed by atoms with Gasteiger partial charge in [-0.15, -0.1) is 0 Å². The lowest BCUT2D eigenvalue weighted by Crippen LogP contribution is -2.21. The van der Waals surface area contributed by atoms with E-state index in [1.807, 2.05) is 0 Å². The molecule has 94 valence electrons. The van der Waals surface area contributed by atoms with Crippen molar-refractivity contribution in [3.8, 4) is 0 Å². The fraction of sp³-hybridized carbons (Fsp3) is 0.727. The molecule has 1 saturated carbocycles. The Morgan fingerprint density at radius 2 is 2.00 bits per heavy atom. The van der Waals surface area contributed by atoms with Gasteiger partial charge in [-0.25, -0.2) is 0 Å².